The molecule has 2 heterocycles. The van der Waals surface area contributed by atoms with Gasteiger partial charge in [-0.1, -0.05) is 40.9 Å². The largest absolute Gasteiger partial charge is 0.384 e. The lowest BCUT2D eigenvalue weighted by Gasteiger charge is -2.40. The molecule has 2 aromatic carbocycles. The maximum absolute atomic E-state index is 13.5. The van der Waals surface area contributed by atoms with Crippen molar-refractivity contribution in [1.29, 1.82) is 5.26 Å². The fourth-order valence-electron chi connectivity index (χ4n) is 5.32. The number of allylic oxidation sites excluding steroid dienone is 3. The molecule has 3 aromatic rings. The molecule has 1 unspecified atom stereocenters. The van der Waals surface area contributed by atoms with Gasteiger partial charge in [-0.3, -0.25) is 9.69 Å². The van der Waals surface area contributed by atoms with Crippen molar-refractivity contribution in [3.05, 3.63) is 110 Å². The molecule has 1 aliphatic heterocycles. The van der Waals surface area contributed by atoms with E-state index in [9.17, 15) is 10.1 Å². The summed E-state index contributed by atoms with van der Waals surface area (Å²) < 4.78 is 0. The Hall–Kier alpha value is -3.24. The molecular formula is C30H26Cl2N4OS. The number of hydrogen-bond donors (Lipinski definition) is 1. The molecule has 0 saturated carbocycles. The predicted octanol–water partition coefficient (Wildman–Crippen LogP) is 7.60. The monoisotopic (exact) mass is 560 g/mol. The van der Waals surface area contributed by atoms with Crippen LogP contribution in [0.1, 0.15) is 47.4 Å². The summed E-state index contributed by atoms with van der Waals surface area (Å²) in [5, 5.41) is 11.4. The average Bonchev–Trinajstić information content (AvgIpc) is 2.90. The first kappa shape index (κ1) is 26.4. The molecule has 38 heavy (non-hydrogen) atoms. The summed E-state index contributed by atoms with van der Waals surface area (Å²) in [5.41, 5.74) is 13.3. The predicted molar refractivity (Wildman–Crippen MR) is 154 cm³/mol. The van der Waals surface area contributed by atoms with Gasteiger partial charge in [0, 0.05) is 39.6 Å². The highest BCUT2D eigenvalue weighted by atomic mass is 35.5. The Bertz CT molecular complexity index is 1540. The Kier molecular flexibility index (Phi) is 7.54. The maximum Gasteiger partial charge on any atom is 0.161 e. The minimum atomic E-state index is -0.534. The normalized spacial score (nSPS) is 17.5. The summed E-state index contributed by atoms with van der Waals surface area (Å²) in [4.78, 5) is 20.6. The number of nitrogens with zero attached hydrogens (tertiary/aromatic N) is 3. The highest BCUT2D eigenvalue weighted by molar-refractivity contribution is 7.98. The van der Waals surface area contributed by atoms with Crippen LogP contribution in [0.25, 0.3) is 0 Å². The molecule has 0 spiro atoms. The Balaban J connectivity index is 1.64. The lowest BCUT2D eigenvalue weighted by atomic mass is 9.73. The number of rotatable bonds is 5. The number of carbonyl (C=O) groups excluding carboxylic acids is 1. The first-order valence-corrected chi connectivity index (χ1v) is 14.1. The molecule has 8 heteroatoms. The van der Waals surface area contributed by atoms with Crippen LogP contribution < -0.4 is 10.6 Å². The van der Waals surface area contributed by atoms with Gasteiger partial charge in [0.1, 0.15) is 5.82 Å². The summed E-state index contributed by atoms with van der Waals surface area (Å²) >= 11 is 14.2. The molecule has 192 valence electrons. The van der Waals surface area contributed by atoms with Crippen LogP contribution in [-0.2, 0) is 10.5 Å². The van der Waals surface area contributed by atoms with Gasteiger partial charge in [-0.2, -0.15) is 5.26 Å². The SMILES string of the molecule is Cc1cc(CSc2ccc(Cl)cc2)c(C)c(C2C(C#N)=C(N)N(c3cccnc3Cl)C3=C2C(=O)CCC3)c1. The molecule has 5 nitrogen and oxygen atoms in total. The standard InChI is InChI=1S/C30H26Cl2N4OS/c1-17-13-19(16-38-21-10-8-20(31)9-11-21)18(2)22(14-17)27-23(15-33)30(34)36(25-6-4-12-35-29(25)32)24-5-3-7-26(37)28(24)27/h4,6,8-14,27H,3,5,7,16,34H2,1-2H3. The van der Waals surface area contributed by atoms with Crippen LogP contribution in [0.3, 0.4) is 0 Å². The van der Waals surface area contributed by atoms with Crippen molar-refractivity contribution in [3.63, 3.8) is 0 Å². The zero-order chi connectivity index (χ0) is 27.0. The van der Waals surface area contributed by atoms with Crippen molar-refractivity contribution in [3.8, 4) is 6.07 Å². The number of halogens is 2. The Labute approximate surface area is 237 Å². The summed E-state index contributed by atoms with van der Waals surface area (Å²) in [6, 6.07) is 18.0. The van der Waals surface area contributed by atoms with Crippen LogP contribution in [0.2, 0.25) is 10.2 Å². The Morgan fingerprint density at radius 1 is 1.16 bits per heavy atom. The van der Waals surface area contributed by atoms with Crippen molar-refractivity contribution in [1.82, 2.24) is 4.98 Å². The summed E-state index contributed by atoms with van der Waals surface area (Å²) in [6.45, 7) is 4.11. The van der Waals surface area contributed by atoms with E-state index in [1.54, 1.807) is 28.9 Å². The quantitative estimate of drug-likeness (QED) is 0.255. The number of aryl methyl sites for hydroxylation is 1. The van der Waals surface area contributed by atoms with Crippen molar-refractivity contribution in [2.24, 2.45) is 5.73 Å². The first-order chi connectivity index (χ1) is 18.3. The minimum Gasteiger partial charge on any atom is -0.384 e. The fraction of sp³-hybridized carbons (Fsp3) is 0.233. The van der Waals surface area contributed by atoms with E-state index in [1.807, 2.05) is 37.3 Å². The van der Waals surface area contributed by atoms with E-state index in [0.29, 0.717) is 46.9 Å². The third kappa shape index (κ3) is 4.82. The molecule has 1 aromatic heterocycles. The van der Waals surface area contributed by atoms with E-state index in [0.717, 1.165) is 38.6 Å². The van der Waals surface area contributed by atoms with Gasteiger partial charge in [0.15, 0.2) is 10.9 Å². The minimum absolute atomic E-state index is 0.0412. The molecule has 1 atom stereocenters. The van der Waals surface area contributed by atoms with E-state index in [4.69, 9.17) is 28.9 Å². The number of Topliss-reactive ketones (excluding diaryl/α,β-unsaturated/α-hetero) is 1. The van der Waals surface area contributed by atoms with E-state index in [1.165, 1.54) is 0 Å². The van der Waals surface area contributed by atoms with Gasteiger partial charge in [0.25, 0.3) is 0 Å². The molecule has 0 radical (unpaired) electrons. The van der Waals surface area contributed by atoms with Crippen LogP contribution >= 0.6 is 35.0 Å². The van der Waals surface area contributed by atoms with Gasteiger partial charge in [-0.05, 0) is 79.8 Å². The number of ketones is 1. The van der Waals surface area contributed by atoms with Crippen molar-refractivity contribution in [2.75, 3.05) is 4.90 Å². The van der Waals surface area contributed by atoms with E-state index in [-0.39, 0.29) is 10.9 Å². The number of hydrogen-bond acceptors (Lipinski definition) is 6. The Morgan fingerprint density at radius 3 is 2.63 bits per heavy atom. The van der Waals surface area contributed by atoms with Gasteiger partial charge in [0.05, 0.1) is 23.2 Å². The summed E-state index contributed by atoms with van der Waals surface area (Å²) in [6.07, 6.45) is 3.41. The second kappa shape index (κ2) is 10.9. The van der Waals surface area contributed by atoms with Gasteiger partial charge >= 0.3 is 0 Å². The number of pyridine rings is 1. The molecule has 2 N–H and O–H groups in total. The lowest BCUT2D eigenvalue weighted by Crippen LogP contribution is -2.39. The molecule has 0 bridgehead atoms. The number of nitriles is 1. The van der Waals surface area contributed by atoms with E-state index >= 15 is 0 Å². The number of aromatic nitrogens is 1. The zero-order valence-electron chi connectivity index (χ0n) is 21.1. The van der Waals surface area contributed by atoms with Gasteiger partial charge in [-0.25, -0.2) is 4.98 Å². The molecule has 0 amide bonds. The summed E-state index contributed by atoms with van der Waals surface area (Å²) in [5.74, 6) is 0.541. The van der Waals surface area contributed by atoms with E-state index in [2.05, 4.69) is 30.1 Å². The molecule has 0 fully saturated rings. The number of thioether (sulfide) groups is 1. The molecule has 0 saturated heterocycles. The van der Waals surface area contributed by atoms with Crippen molar-refractivity contribution in [2.45, 2.75) is 49.7 Å². The molecule has 5 rings (SSSR count). The van der Waals surface area contributed by atoms with Gasteiger partial charge in [-0.15, -0.1) is 11.8 Å². The highest BCUT2D eigenvalue weighted by Gasteiger charge is 2.41. The van der Waals surface area contributed by atoms with Gasteiger partial charge in [0.2, 0.25) is 0 Å². The van der Waals surface area contributed by atoms with Crippen LogP contribution in [0.5, 0.6) is 0 Å². The number of benzene rings is 2. The van der Waals surface area contributed by atoms with Crippen molar-refractivity contribution < 1.29 is 4.79 Å². The average molecular weight is 562 g/mol. The second-order valence-electron chi connectivity index (χ2n) is 9.51. The van der Waals surface area contributed by atoms with Crippen LogP contribution in [-0.4, -0.2) is 10.8 Å². The molecular weight excluding hydrogens is 535 g/mol. The Morgan fingerprint density at radius 2 is 1.92 bits per heavy atom. The number of anilines is 1. The zero-order valence-corrected chi connectivity index (χ0v) is 23.4. The smallest absolute Gasteiger partial charge is 0.161 e. The van der Waals surface area contributed by atoms with Gasteiger partial charge < -0.3 is 5.73 Å². The number of carbonyl (C=O) groups is 1. The first-order valence-electron chi connectivity index (χ1n) is 12.3. The third-order valence-electron chi connectivity index (χ3n) is 7.11. The van der Waals surface area contributed by atoms with Crippen LogP contribution in [0, 0.1) is 25.2 Å². The maximum atomic E-state index is 13.5. The van der Waals surface area contributed by atoms with Crippen LogP contribution in [0.4, 0.5) is 5.69 Å². The van der Waals surface area contributed by atoms with Crippen LogP contribution in [0.15, 0.2) is 82.3 Å². The molecule has 1 aliphatic carbocycles. The molecule has 2 aliphatic rings. The second-order valence-corrected chi connectivity index (χ2v) is 11.4. The lowest BCUT2D eigenvalue weighted by molar-refractivity contribution is -0.116. The summed E-state index contributed by atoms with van der Waals surface area (Å²) in [7, 11) is 0. The van der Waals surface area contributed by atoms with E-state index < -0.39 is 5.92 Å². The third-order valence-corrected chi connectivity index (χ3v) is 8.72. The topological polar surface area (TPSA) is 83.0 Å². The number of nitrogens with two attached hydrogens (primary N) is 1. The fourth-order valence-corrected chi connectivity index (χ4v) is 6.60. The highest BCUT2D eigenvalue weighted by Crippen LogP contribution is 2.48. The van der Waals surface area contributed by atoms with Crippen molar-refractivity contribution >= 4 is 46.4 Å².